The molecule has 0 aliphatic carbocycles. The number of carbonyl (C=O) groups excluding carboxylic acids is 1. The number of benzene rings is 1. The molecule has 2 unspecified atom stereocenters. The number of nitrogens with one attached hydrogen (secondary N) is 1. The van der Waals surface area contributed by atoms with Gasteiger partial charge in [0.2, 0.25) is 5.91 Å². The molecule has 94 valence electrons. The minimum absolute atomic E-state index is 0.179. The molecular formula is C13H18FNO2. The predicted octanol–water partition coefficient (Wildman–Crippen LogP) is 2.16. The summed E-state index contributed by atoms with van der Waals surface area (Å²) in [6.07, 6.45) is 0.163. The number of hydrogen-bond acceptors (Lipinski definition) is 2. The van der Waals surface area contributed by atoms with Crippen molar-refractivity contribution in [2.24, 2.45) is 0 Å². The average Bonchev–Trinajstić information content (AvgIpc) is 2.26. The molecule has 0 heterocycles. The number of halogens is 1. The van der Waals surface area contributed by atoms with Gasteiger partial charge in [0.1, 0.15) is 5.82 Å². The Kier molecular flexibility index (Phi) is 5.10. The molecular weight excluding hydrogens is 221 g/mol. The van der Waals surface area contributed by atoms with Crippen LogP contribution in [-0.4, -0.2) is 17.1 Å². The van der Waals surface area contributed by atoms with Crippen LogP contribution in [0.25, 0.3) is 0 Å². The van der Waals surface area contributed by atoms with Crippen LogP contribution in [-0.2, 0) is 4.79 Å². The van der Waals surface area contributed by atoms with Gasteiger partial charge in [-0.2, -0.15) is 0 Å². The summed E-state index contributed by atoms with van der Waals surface area (Å²) in [6, 6.07) is 6.00. The number of hydrogen-bond donors (Lipinski definition) is 2. The molecule has 4 heteroatoms. The van der Waals surface area contributed by atoms with E-state index in [-0.39, 0.29) is 24.2 Å². The zero-order chi connectivity index (χ0) is 12.8. The molecule has 0 aromatic heterocycles. The van der Waals surface area contributed by atoms with Crippen LogP contribution in [0.15, 0.2) is 24.3 Å². The van der Waals surface area contributed by atoms with Crippen LogP contribution in [0.5, 0.6) is 0 Å². The van der Waals surface area contributed by atoms with Crippen molar-refractivity contribution in [3.8, 4) is 0 Å². The van der Waals surface area contributed by atoms with Crippen LogP contribution in [0.4, 0.5) is 4.39 Å². The van der Waals surface area contributed by atoms with Crippen molar-refractivity contribution in [1.82, 2.24) is 5.32 Å². The van der Waals surface area contributed by atoms with E-state index < -0.39 is 6.10 Å². The summed E-state index contributed by atoms with van der Waals surface area (Å²) < 4.78 is 13.4. The third kappa shape index (κ3) is 4.53. The van der Waals surface area contributed by atoms with Gasteiger partial charge in [-0.05, 0) is 26.3 Å². The molecule has 0 radical (unpaired) electrons. The molecule has 3 nitrogen and oxygen atoms in total. The Balaban J connectivity index is 2.52. The summed E-state index contributed by atoms with van der Waals surface area (Å²) in [5.41, 5.74) is 0.470. The van der Waals surface area contributed by atoms with E-state index in [1.807, 2.05) is 0 Å². The largest absolute Gasteiger partial charge is 0.393 e. The fourth-order valence-electron chi connectivity index (χ4n) is 1.56. The minimum Gasteiger partial charge on any atom is -0.393 e. The molecule has 2 N–H and O–H groups in total. The first-order valence-electron chi connectivity index (χ1n) is 5.72. The summed E-state index contributed by atoms with van der Waals surface area (Å²) in [5.74, 6) is -0.502. The van der Waals surface area contributed by atoms with Crippen molar-refractivity contribution in [3.63, 3.8) is 0 Å². The molecule has 0 bridgehead atoms. The van der Waals surface area contributed by atoms with E-state index in [2.05, 4.69) is 5.32 Å². The Bertz CT molecular complexity index is 379. The first-order chi connectivity index (χ1) is 8.00. The smallest absolute Gasteiger partial charge is 0.220 e. The second-order valence-electron chi connectivity index (χ2n) is 4.20. The molecule has 0 saturated carbocycles. The Hall–Kier alpha value is -1.42. The Morgan fingerprint density at radius 3 is 2.65 bits per heavy atom. The van der Waals surface area contributed by atoms with Gasteiger partial charge >= 0.3 is 0 Å². The lowest BCUT2D eigenvalue weighted by Gasteiger charge is -2.15. The minimum atomic E-state index is -0.496. The summed E-state index contributed by atoms with van der Waals surface area (Å²) in [6.45, 7) is 3.37. The van der Waals surface area contributed by atoms with Crippen molar-refractivity contribution >= 4 is 5.91 Å². The molecule has 17 heavy (non-hydrogen) atoms. The summed E-state index contributed by atoms with van der Waals surface area (Å²) >= 11 is 0. The van der Waals surface area contributed by atoms with Gasteiger partial charge in [-0.25, -0.2) is 4.39 Å². The second-order valence-corrected chi connectivity index (χ2v) is 4.20. The van der Waals surface area contributed by atoms with Gasteiger partial charge in [0, 0.05) is 12.0 Å². The summed E-state index contributed by atoms with van der Waals surface area (Å²) in [5, 5.41) is 11.8. The zero-order valence-corrected chi connectivity index (χ0v) is 10.1. The van der Waals surface area contributed by atoms with Gasteiger partial charge in [0.25, 0.3) is 0 Å². The predicted molar refractivity (Wildman–Crippen MR) is 63.9 cm³/mol. The normalized spacial score (nSPS) is 14.1. The van der Waals surface area contributed by atoms with Crippen molar-refractivity contribution in [3.05, 3.63) is 35.6 Å². The van der Waals surface area contributed by atoms with Crippen LogP contribution < -0.4 is 5.32 Å². The summed E-state index contributed by atoms with van der Waals surface area (Å²) in [4.78, 5) is 11.5. The molecule has 0 saturated heterocycles. The first kappa shape index (κ1) is 13.6. The van der Waals surface area contributed by atoms with E-state index in [0.29, 0.717) is 12.0 Å². The number of rotatable bonds is 5. The van der Waals surface area contributed by atoms with E-state index in [9.17, 15) is 9.18 Å². The monoisotopic (exact) mass is 239 g/mol. The number of aliphatic hydroxyl groups is 1. The lowest BCUT2D eigenvalue weighted by atomic mass is 10.1. The third-order valence-electron chi connectivity index (χ3n) is 2.54. The van der Waals surface area contributed by atoms with Crippen molar-refractivity contribution < 1.29 is 14.3 Å². The number of carbonyl (C=O) groups is 1. The van der Waals surface area contributed by atoms with Crippen molar-refractivity contribution in [1.29, 1.82) is 0 Å². The maximum absolute atomic E-state index is 13.4. The number of amides is 1. The van der Waals surface area contributed by atoms with Gasteiger partial charge < -0.3 is 10.4 Å². The van der Waals surface area contributed by atoms with Crippen molar-refractivity contribution in [2.45, 2.75) is 38.8 Å². The third-order valence-corrected chi connectivity index (χ3v) is 2.54. The Morgan fingerprint density at radius 2 is 2.06 bits per heavy atom. The zero-order valence-electron chi connectivity index (χ0n) is 10.1. The van der Waals surface area contributed by atoms with Crippen LogP contribution in [0.1, 0.15) is 38.3 Å². The van der Waals surface area contributed by atoms with E-state index in [4.69, 9.17) is 5.11 Å². The second kappa shape index (κ2) is 6.35. The topological polar surface area (TPSA) is 49.3 Å². The average molecular weight is 239 g/mol. The van der Waals surface area contributed by atoms with Crippen LogP contribution in [0, 0.1) is 5.82 Å². The van der Waals surface area contributed by atoms with Crippen LogP contribution in [0.3, 0.4) is 0 Å². The maximum Gasteiger partial charge on any atom is 0.220 e. The molecule has 1 aromatic rings. The molecule has 1 amide bonds. The molecule has 0 aliphatic heterocycles. The van der Waals surface area contributed by atoms with Gasteiger partial charge in [-0.1, -0.05) is 18.2 Å². The highest BCUT2D eigenvalue weighted by Gasteiger charge is 2.13. The highest BCUT2D eigenvalue weighted by atomic mass is 19.1. The molecule has 0 fully saturated rings. The summed E-state index contributed by atoms with van der Waals surface area (Å²) in [7, 11) is 0. The van der Waals surface area contributed by atoms with Crippen LogP contribution in [0.2, 0.25) is 0 Å². The lowest BCUT2D eigenvalue weighted by molar-refractivity contribution is -0.122. The molecule has 1 rings (SSSR count). The Labute approximate surface area is 101 Å². The molecule has 0 spiro atoms. The maximum atomic E-state index is 13.4. The van der Waals surface area contributed by atoms with E-state index >= 15 is 0 Å². The highest BCUT2D eigenvalue weighted by molar-refractivity contribution is 5.76. The standard InChI is InChI=1S/C13H18FNO2/c1-9(16)7-8-13(17)15-10(2)11-5-3-4-6-12(11)14/h3-6,9-10,16H,7-8H2,1-2H3,(H,15,17). The quantitative estimate of drug-likeness (QED) is 0.827. The van der Waals surface area contributed by atoms with Gasteiger partial charge in [-0.3, -0.25) is 4.79 Å². The fourth-order valence-corrected chi connectivity index (χ4v) is 1.56. The van der Waals surface area contributed by atoms with E-state index in [0.717, 1.165) is 0 Å². The van der Waals surface area contributed by atoms with E-state index in [1.165, 1.54) is 6.07 Å². The first-order valence-corrected chi connectivity index (χ1v) is 5.72. The number of aliphatic hydroxyl groups excluding tert-OH is 1. The molecule has 1 aromatic carbocycles. The molecule has 0 aliphatic rings. The lowest BCUT2D eigenvalue weighted by Crippen LogP contribution is -2.27. The SMILES string of the molecule is CC(O)CCC(=O)NC(C)c1ccccc1F. The highest BCUT2D eigenvalue weighted by Crippen LogP contribution is 2.16. The van der Waals surface area contributed by atoms with E-state index in [1.54, 1.807) is 32.0 Å². The van der Waals surface area contributed by atoms with Gasteiger partial charge in [0.05, 0.1) is 12.1 Å². The Morgan fingerprint density at radius 1 is 1.41 bits per heavy atom. The van der Waals surface area contributed by atoms with Gasteiger partial charge in [0.15, 0.2) is 0 Å². The fraction of sp³-hybridized carbons (Fsp3) is 0.462. The molecule has 2 atom stereocenters. The van der Waals surface area contributed by atoms with Gasteiger partial charge in [-0.15, -0.1) is 0 Å². The van der Waals surface area contributed by atoms with Crippen molar-refractivity contribution in [2.75, 3.05) is 0 Å². The van der Waals surface area contributed by atoms with Crippen LogP contribution >= 0.6 is 0 Å².